The van der Waals surface area contributed by atoms with Crippen molar-refractivity contribution in [2.24, 2.45) is 11.8 Å². The van der Waals surface area contributed by atoms with Gasteiger partial charge in [0.1, 0.15) is 6.04 Å². The highest BCUT2D eigenvalue weighted by Crippen LogP contribution is 2.35. The molecule has 0 aromatic carbocycles. The van der Waals surface area contributed by atoms with Crippen molar-refractivity contribution in [2.45, 2.75) is 71.9 Å². The smallest absolute Gasteiger partial charge is 0.246 e. The molecule has 21 heavy (non-hydrogen) atoms. The molecule has 1 saturated carbocycles. The molecule has 0 aromatic rings. The standard InChI is InChI=1S/C17H30N2O2/c1-11(2)14-7-9-17(6,10-8-14)19-16(21)13(5)18-15(20)12(3)4/h11,13-14H,3,7-10H2,1-2,4-6H3,(H,18,20)(H,19,21)/t13-,14?,17?/m0/s1. The largest absolute Gasteiger partial charge is 0.349 e. The molecule has 0 radical (unpaired) electrons. The van der Waals surface area contributed by atoms with Crippen molar-refractivity contribution in [3.8, 4) is 0 Å². The Bertz CT molecular complexity index is 407. The molecule has 0 heterocycles. The van der Waals surface area contributed by atoms with Crippen LogP contribution in [0.3, 0.4) is 0 Å². The minimum absolute atomic E-state index is 0.116. The lowest BCUT2D eigenvalue weighted by atomic mass is 9.73. The van der Waals surface area contributed by atoms with Crippen molar-refractivity contribution in [2.75, 3.05) is 0 Å². The summed E-state index contributed by atoms with van der Waals surface area (Å²) in [5, 5.41) is 5.78. The van der Waals surface area contributed by atoms with Gasteiger partial charge in [-0.3, -0.25) is 9.59 Å². The fourth-order valence-electron chi connectivity index (χ4n) is 2.86. The monoisotopic (exact) mass is 294 g/mol. The number of carbonyl (C=O) groups excluding carboxylic acids is 2. The molecule has 1 fully saturated rings. The molecule has 120 valence electrons. The summed E-state index contributed by atoms with van der Waals surface area (Å²) in [5.41, 5.74) is 0.267. The number of carbonyl (C=O) groups is 2. The van der Waals surface area contributed by atoms with Gasteiger partial charge >= 0.3 is 0 Å². The minimum Gasteiger partial charge on any atom is -0.349 e. The normalized spacial score (nSPS) is 27.0. The lowest BCUT2D eigenvalue weighted by Gasteiger charge is -2.40. The van der Waals surface area contributed by atoms with E-state index in [0.717, 1.165) is 31.6 Å². The average Bonchev–Trinajstić information content (AvgIpc) is 2.38. The highest BCUT2D eigenvalue weighted by atomic mass is 16.2. The second-order valence-corrected chi connectivity index (χ2v) is 7.11. The van der Waals surface area contributed by atoms with E-state index in [2.05, 4.69) is 38.0 Å². The lowest BCUT2D eigenvalue weighted by molar-refractivity contribution is -0.128. The molecule has 1 aliphatic rings. The molecule has 0 saturated heterocycles. The topological polar surface area (TPSA) is 58.2 Å². The number of hydrogen-bond acceptors (Lipinski definition) is 2. The highest BCUT2D eigenvalue weighted by Gasteiger charge is 2.34. The number of nitrogens with one attached hydrogen (secondary N) is 2. The fraction of sp³-hybridized carbons (Fsp3) is 0.765. The van der Waals surface area contributed by atoms with Gasteiger partial charge in [0.15, 0.2) is 0 Å². The molecular formula is C17H30N2O2. The Morgan fingerprint density at radius 2 is 1.71 bits per heavy atom. The summed E-state index contributed by atoms with van der Waals surface area (Å²) in [4.78, 5) is 23.8. The van der Waals surface area contributed by atoms with Crippen LogP contribution in [0.2, 0.25) is 0 Å². The van der Waals surface area contributed by atoms with E-state index in [0.29, 0.717) is 11.5 Å². The Morgan fingerprint density at radius 1 is 1.19 bits per heavy atom. The van der Waals surface area contributed by atoms with Gasteiger partial charge in [-0.15, -0.1) is 0 Å². The maximum absolute atomic E-state index is 12.2. The molecule has 2 N–H and O–H groups in total. The molecular weight excluding hydrogens is 264 g/mol. The number of hydrogen-bond donors (Lipinski definition) is 2. The van der Waals surface area contributed by atoms with Crippen LogP contribution in [0.25, 0.3) is 0 Å². The third-order valence-corrected chi connectivity index (χ3v) is 4.63. The average molecular weight is 294 g/mol. The van der Waals surface area contributed by atoms with E-state index in [4.69, 9.17) is 0 Å². The second-order valence-electron chi connectivity index (χ2n) is 7.11. The van der Waals surface area contributed by atoms with E-state index in [1.54, 1.807) is 13.8 Å². The van der Waals surface area contributed by atoms with Crippen LogP contribution in [0.1, 0.15) is 60.3 Å². The van der Waals surface area contributed by atoms with Crippen molar-refractivity contribution in [3.63, 3.8) is 0 Å². The van der Waals surface area contributed by atoms with Gasteiger partial charge in [0.25, 0.3) is 0 Å². The SMILES string of the molecule is C=C(C)C(=O)N[C@@H](C)C(=O)NC1(C)CCC(C(C)C)CC1. The predicted octanol–water partition coefficient (Wildman–Crippen LogP) is 2.79. The highest BCUT2D eigenvalue weighted by molar-refractivity contribution is 5.95. The quantitative estimate of drug-likeness (QED) is 0.766. The van der Waals surface area contributed by atoms with Gasteiger partial charge in [0.2, 0.25) is 11.8 Å². The maximum atomic E-state index is 12.2. The first-order valence-electron chi connectivity index (χ1n) is 7.93. The molecule has 4 heteroatoms. The van der Waals surface area contributed by atoms with Crippen LogP contribution < -0.4 is 10.6 Å². The summed E-state index contributed by atoms with van der Waals surface area (Å²) in [6.45, 7) is 13.6. The van der Waals surface area contributed by atoms with Crippen molar-refractivity contribution in [1.82, 2.24) is 10.6 Å². The molecule has 4 nitrogen and oxygen atoms in total. The van der Waals surface area contributed by atoms with Gasteiger partial charge < -0.3 is 10.6 Å². The summed E-state index contributed by atoms with van der Waals surface area (Å²) in [6.07, 6.45) is 4.31. The van der Waals surface area contributed by atoms with E-state index < -0.39 is 6.04 Å². The maximum Gasteiger partial charge on any atom is 0.246 e. The molecule has 2 amide bonds. The van der Waals surface area contributed by atoms with Crippen LogP contribution in [-0.4, -0.2) is 23.4 Å². The van der Waals surface area contributed by atoms with Crippen LogP contribution in [0.4, 0.5) is 0 Å². The Morgan fingerprint density at radius 3 is 2.14 bits per heavy atom. The zero-order valence-corrected chi connectivity index (χ0v) is 14.1. The number of rotatable bonds is 5. The van der Waals surface area contributed by atoms with Crippen LogP contribution >= 0.6 is 0 Å². The van der Waals surface area contributed by atoms with Gasteiger partial charge in [-0.1, -0.05) is 20.4 Å². The summed E-state index contributed by atoms with van der Waals surface area (Å²) in [7, 11) is 0. The van der Waals surface area contributed by atoms with Crippen LogP contribution in [-0.2, 0) is 9.59 Å². The third kappa shape index (κ3) is 5.18. The predicted molar refractivity (Wildman–Crippen MR) is 85.8 cm³/mol. The summed E-state index contributed by atoms with van der Waals surface area (Å²) >= 11 is 0. The van der Waals surface area contributed by atoms with Gasteiger partial charge in [-0.25, -0.2) is 0 Å². The molecule has 0 aliphatic heterocycles. The van der Waals surface area contributed by atoms with E-state index in [1.165, 1.54) is 0 Å². The van der Waals surface area contributed by atoms with Crippen LogP contribution in [0, 0.1) is 11.8 Å². The molecule has 0 aromatic heterocycles. The van der Waals surface area contributed by atoms with E-state index in [-0.39, 0.29) is 17.4 Å². The molecule has 0 spiro atoms. The second kappa shape index (κ2) is 7.10. The van der Waals surface area contributed by atoms with Crippen molar-refractivity contribution in [1.29, 1.82) is 0 Å². The summed E-state index contributed by atoms with van der Waals surface area (Å²) in [6, 6.07) is -0.533. The molecule has 0 bridgehead atoms. The van der Waals surface area contributed by atoms with Gasteiger partial charge in [0.05, 0.1) is 0 Å². The third-order valence-electron chi connectivity index (χ3n) is 4.63. The summed E-state index contributed by atoms with van der Waals surface area (Å²) < 4.78 is 0. The number of amides is 2. The molecule has 0 unspecified atom stereocenters. The van der Waals surface area contributed by atoms with E-state index in [1.807, 2.05) is 0 Å². The summed E-state index contributed by atoms with van der Waals surface area (Å²) in [5.74, 6) is 1.08. The zero-order valence-electron chi connectivity index (χ0n) is 14.1. The Balaban J connectivity index is 2.50. The molecule has 1 rings (SSSR count). The fourth-order valence-corrected chi connectivity index (χ4v) is 2.86. The Hall–Kier alpha value is -1.32. The first-order chi connectivity index (χ1) is 9.64. The van der Waals surface area contributed by atoms with Crippen molar-refractivity contribution in [3.05, 3.63) is 12.2 Å². The minimum atomic E-state index is -0.533. The molecule has 1 aliphatic carbocycles. The zero-order chi connectivity index (χ0) is 16.2. The lowest BCUT2D eigenvalue weighted by Crippen LogP contribution is -2.54. The van der Waals surface area contributed by atoms with Crippen molar-refractivity contribution >= 4 is 11.8 Å². The van der Waals surface area contributed by atoms with E-state index in [9.17, 15) is 9.59 Å². The Labute approximate surface area is 128 Å². The van der Waals surface area contributed by atoms with Gasteiger partial charge in [-0.2, -0.15) is 0 Å². The Kier molecular flexibility index (Phi) is 5.99. The van der Waals surface area contributed by atoms with Crippen LogP contribution in [0.5, 0.6) is 0 Å². The van der Waals surface area contributed by atoms with Gasteiger partial charge in [0, 0.05) is 11.1 Å². The van der Waals surface area contributed by atoms with Gasteiger partial charge in [-0.05, 0) is 58.3 Å². The van der Waals surface area contributed by atoms with Crippen LogP contribution in [0.15, 0.2) is 12.2 Å². The van der Waals surface area contributed by atoms with E-state index >= 15 is 0 Å². The van der Waals surface area contributed by atoms with Crippen molar-refractivity contribution < 1.29 is 9.59 Å². The first-order valence-corrected chi connectivity index (χ1v) is 7.93. The first kappa shape index (κ1) is 17.7. The molecule has 1 atom stereocenters.